The lowest BCUT2D eigenvalue weighted by molar-refractivity contribution is 0.0934. The summed E-state index contributed by atoms with van der Waals surface area (Å²) >= 11 is 0. The van der Waals surface area contributed by atoms with E-state index in [1.807, 2.05) is 6.92 Å². The van der Waals surface area contributed by atoms with Crippen LogP contribution in [0.2, 0.25) is 0 Å². The maximum Gasteiger partial charge on any atom is 0.0894 e. The van der Waals surface area contributed by atoms with Crippen LogP contribution in [0.3, 0.4) is 0 Å². The molecule has 0 amide bonds. The molecule has 0 aliphatic carbocycles. The third-order valence-electron chi connectivity index (χ3n) is 1.71. The van der Waals surface area contributed by atoms with E-state index in [9.17, 15) is 0 Å². The number of hydrogen-bond acceptors (Lipinski definition) is 4. The molecule has 0 saturated carbocycles. The van der Waals surface area contributed by atoms with Crippen molar-refractivity contribution in [2.75, 3.05) is 26.3 Å². The monoisotopic (exact) mass is 177 g/mol. The van der Waals surface area contributed by atoms with E-state index in [1.54, 1.807) is 0 Å². The Balaban J connectivity index is 3.18. The Morgan fingerprint density at radius 1 is 1.25 bits per heavy atom. The van der Waals surface area contributed by atoms with Crippen molar-refractivity contribution >= 4 is 0 Å². The van der Waals surface area contributed by atoms with Gasteiger partial charge in [-0.05, 0) is 18.9 Å². The van der Waals surface area contributed by atoms with Crippen LogP contribution in [0, 0.1) is 5.92 Å². The normalized spacial score (nSPS) is 16.0. The minimum Gasteiger partial charge on any atom is -0.396 e. The predicted molar refractivity (Wildman–Crippen MR) is 46.8 cm³/mol. The van der Waals surface area contributed by atoms with Gasteiger partial charge in [0.25, 0.3) is 0 Å². The highest BCUT2D eigenvalue weighted by Crippen LogP contribution is 1.97. The van der Waals surface area contributed by atoms with E-state index in [0.717, 1.165) is 13.0 Å². The van der Waals surface area contributed by atoms with Crippen LogP contribution in [0.4, 0.5) is 0 Å². The van der Waals surface area contributed by atoms with Crippen LogP contribution in [0.15, 0.2) is 0 Å². The topological polar surface area (TPSA) is 72.7 Å². The van der Waals surface area contributed by atoms with Crippen LogP contribution >= 0.6 is 0 Å². The zero-order valence-electron chi connectivity index (χ0n) is 7.53. The summed E-state index contributed by atoms with van der Waals surface area (Å²) in [6.45, 7) is 3.19. The highest BCUT2D eigenvalue weighted by molar-refractivity contribution is 4.60. The summed E-state index contributed by atoms with van der Waals surface area (Å²) in [5.74, 6) is 0.404. The van der Waals surface area contributed by atoms with Gasteiger partial charge in [0.05, 0.1) is 12.7 Å². The molecule has 0 heterocycles. The fraction of sp³-hybridized carbons (Fsp3) is 1.00. The van der Waals surface area contributed by atoms with Crippen molar-refractivity contribution in [3.63, 3.8) is 0 Å². The number of aliphatic hydroxyl groups excluding tert-OH is 3. The Morgan fingerprint density at radius 3 is 2.42 bits per heavy atom. The fourth-order valence-electron chi connectivity index (χ4n) is 0.883. The third kappa shape index (κ3) is 6.54. The molecule has 0 aromatic rings. The van der Waals surface area contributed by atoms with Crippen molar-refractivity contribution in [1.29, 1.82) is 0 Å². The molecule has 4 N–H and O–H groups in total. The largest absolute Gasteiger partial charge is 0.396 e. The van der Waals surface area contributed by atoms with Crippen molar-refractivity contribution in [1.82, 2.24) is 5.32 Å². The Hall–Kier alpha value is -0.160. The van der Waals surface area contributed by atoms with Gasteiger partial charge in [-0.3, -0.25) is 0 Å². The highest BCUT2D eigenvalue weighted by atomic mass is 16.3. The Bertz CT molecular complexity index is 100. The van der Waals surface area contributed by atoms with Crippen LogP contribution in [0.5, 0.6) is 0 Å². The first-order chi connectivity index (χ1) is 5.70. The second-order valence-corrected chi connectivity index (χ2v) is 3.11. The number of aliphatic hydroxyl groups is 3. The zero-order valence-corrected chi connectivity index (χ0v) is 7.53. The van der Waals surface area contributed by atoms with Crippen LogP contribution < -0.4 is 5.32 Å². The van der Waals surface area contributed by atoms with Crippen LogP contribution in [-0.4, -0.2) is 47.7 Å². The van der Waals surface area contributed by atoms with Crippen molar-refractivity contribution in [3.8, 4) is 0 Å². The van der Waals surface area contributed by atoms with Gasteiger partial charge in [-0.1, -0.05) is 6.92 Å². The molecule has 0 saturated heterocycles. The summed E-state index contributed by atoms with van der Waals surface area (Å²) in [5, 5.41) is 29.0. The summed E-state index contributed by atoms with van der Waals surface area (Å²) in [7, 11) is 0. The maximum atomic E-state index is 8.94. The second-order valence-electron chi connectivity index (χ2n) is 3.11. The van der Waals surface area contributed by atoms with Gasteiger partial charge in [-0.25, -0.2) is 0 Å². The Labute approximate surface area is 73.2 Å². The molecule has 74 valence electrons. The lowest BCUT2D eigenvalue weighted by Crippen LogP contribution is -2.32. The van der Waals surface area contributed by atoms with E-state index in [0.29, 0.717) is 12.5 Å². The molecule has 0 aromatic carbocycles. The number of hydrogen-bond donors (Lipinski definition) is 4. The minimum atomic E-state index is -0.675. The first kappa shape index (κ1) is 11.8. The average molecular weight is 177 g/mol. The van der Waals surface area contributed by atoms with E-state index in [1.165, 1.54) is 0 Å². The molecule has 0 bridgehead atoms. The van der Waals surface area contributed by atoms with E-state index < -0.39 is 6.10 Å². The SMILES string of the molecule is CC(CCO)CNCC(O)CO. The molecule has 0 aliphatic heterocycles. The standard InChI is InChI=1S/C8H19NO3/c1-7(2-3-10)4-9-5-8(12)6-11/h7-12H,2-6H2,1H3. The fourth-order valence-corrected chi connectivity index (χ4v) is 0.883. The van der Waals surface area contributed by atoms with E-state index in [4.69, 9.17) is 15.3 Å². The summed E-state index contributed by atoms with van der Waals surface area (Å²) in [6.07, 6.45) is 0.0914. The third-order valence-corrected chi connectivity index (χ3v) is 1.71. The molecule has 4 heteroatoms. The van der Waals surface area contributed by atoms with Gasteiger partial charge in [0, 0.05) is 13.2 Å². The summed E-state index contributed by atoms with van der Waals surface area (Å²) < 4.78 is 0. The van der Waals surface area contributed by atoms with E-state index in [-0.39, 0.29) is 13.2 Å². The van der Waals surface area contributed by atoms with E-state index >= 15 is 0 Å². The first-order valence-electron chi connectivity index (χ1n) is 4.31. The zero-order chi connectivity index (χ0) is 9.40. The molecule has 4 nitrogen and oxygen atoms in total. The summed E-state index contributed by atoms with van der Waals surface area (Å²) in [6, 6.07) is 0. The summed E-state index contributed by atoms with van der Waals surface area (Å²) in [5.41, 5.74) is 0. The molecule has 0 fully saturated rings. The van der Waals surface area contributed by atoms with Crippen molar-refractivity contribution in [3.05, 3.63) is 0 Å². The van der Waals surface area contributed by atoms with Gasteiger partial charge in [0.1, 0.15) is 0 Å². The molecule has 0 radical (unpaired) electrons. The first-order valence-corrected chi connectivity index (χ1v) is 4.31. The molecule has 0 aliphatic rings. The van der Waals surface area contributed by atoms with Gasteiger partial charge >= 0.3 is 0 Å². The quantitative estimate of drug-likeness (QED) is 0.400. The number of nitrogens with one attached hydrogen (secondary N) is 1. The molecule has 0 rings (SSSR count). The van der Waals surface area contributed by atoms with Crippen molar-refractivity contribution < 1.29 is 15.3 Å². The minimum absolute atomic E-state index is 0.200. The highest BCUT2D eigenvalue weighted by Gasteiger charge is 2.03. The summed E-state index contributed by atoms with van der Waals surface area (Å²) in [4.78, 5) is 0. The molecular formula is C8H19NO3. The van der Waals surface area contributed by atoms with E-state index in [2.05, 4.69) is 5.32 Å². The Morgan fingerprint density at radius 2 is 1.92 bits per heavy atom. The molecule has 12 heavy (non-hydrogen) atoms. The molecule has 0 spiro atoms. The van der Waals surface area contributed by atoms with Gasteiger partial charge in [-0.2, -0.15) is 0 Å². The molecule has 2 unspecified atom stereocenters. The van der Waals surface area contributed by atoms with Gasteiger partial charge in [-0.15, -0.1) is 0 Å². The van der Waals surface area contributed by atoms with Crippen molar-refractivity contribution in [2.24, 2.45) is 5.92 Å². The van der Waals surface area contributed by atoms with Gasteiger partial charge < -0.3 is 20.6 Å². The lowest BCUT2D eigenvalue weighted by Gasteiger charge is -2.12. The van der Waals surface area contributed by atoms with Crippen molar-refractivity contribution in [2.45, 2.75) is 19.4 Å². The van der Waals surface area contributed by atoms with Gasteiger partial charge in [0.2, 0.25) is 0 Å². The predicted octanol–water partition coefficient (Wildman–Crippen LogP) is -1.05. The molecule has 2 atom stereocenters. The molecular weight excluding hydrogens is 158 g/mol. The van der Waals surface area contributed by atoms with Crippen LogP contribution in [-0.2, 0) is 0 Å². The molecule has 0 aromatic heterocycles. The Kier molecular flexibility index (Phi) is 7.39. The lowest BCUT2D eigenvalue weighted by atomic mass is 10.1. The van der Waals surface area contributed by atoms with Crippen LogP contribution in [0.25, 0.3) is 0 Å². The smallest absolute Gasteiger partial charge is 0.0894 e. The maximum absolute atomic E-state index is 8.94. The number of rotatable bonds is 7. The average Bonchev–Trinajstić information content (AvgIpc) is 2.04. The van der Waals surface area contributed by atoms with Crippen LogP contribution in [0.1, 0.15) is 13.3 Å². The van der Waals surface area contributed by atoms with Gasteiger partial charge in [0.15, 0.2) is 0 Å². The second kappa shape index (κ2) is 7.49.